The zero-order valence-electron chi connectivity index (χ0n) is 43.3. The van der Waals surface area contributed by atoms with Gasteiger partial charge in [-0.05, 0) is 44.9 Å². The molecule has 6 nitrogen and oxygen atoms in total. The number of hydrogen-bond acceptors (Lipinski definition) is 6. The maximum Gasteiger partial charge on any atom is 0.306 e. The first kappa shape index (κ1) is 62.1. The van der Waals surface area contributed by atoms with E-state index in [9.17, 15) is 14.4 Å². The van der Waals surface area contributed by atoms with Crippen LogP contribution in [0.25, 0.3) is 0 Å². The van der Waals surface area contributed by atoms with Crippen LogP contribution in [0.1, 0.15) is 323 Å². The van der Waals surface area contributed by atoms with E-state index < -0.39 is 6.10 Å². The SMILES string of the molecule is CCCCCCC/C=C\CCCCCCCC(=O)OC(COC(=O)CCCCCCC)COC(=O)CCCCCCCCCCCCCCCCCCCCCCCCCCCCC. The summed E-state index contributed by atoms with van der Waals surface area (Å²) in [5.74, 6) is -0.875. The van der Waals surface area contributed by atoms with E-state index in [2.05, 4.69) is 32.9 Å². The summed E-state index contributed by atoms with van der Waals surface area (Å²) in [5, 5.41) is 0. The van der Waals surface area contributed by atoms with Gasteiger partial charge in [0.05, 0.1) is 0 Å². The molecule has 0 saturated heterocycles. The van der Waals surface area contributed by atoms with Crippen LogP contribution in [0.4, 0.5) is 0 Å². The highest BCUT2D eigenvalue weighted by Crippen LogP contribution is 2.17. The van der Waals surface area contributed by atoms with Crippen molar-refractivity contribution >= 4 is 17.9 Å². The minimum atomic E-state index is -0.766. The van der Waals surface area contributed by atoms with E-state index in [1.54, 1.807) is 0 Å². The van der Waals surface area contributed by atoms with Crippen LogP contribution in [-0.4, -0.2) is 37.2 Å². The third kappa shape index (κ3) is 51.1. The predicted molar refractivity (Wildman–Crippen MR) is 275 cm³/mol. The molecule has 0 N–H and O–H groups in total. The third-order valence-corrected chi connectivity index (χ3v) is 13.0. The maximum absolute atomic E-state index is 12.7. The summed E-state index contributed by atoms with van der Waals surface area (Å²) in [6, 6.07) is 0. The molecule has 0 spiro atoms. The van der Waals surface area contributed by atoms with Crippen molar-refractivity contribution < 1.29 is 28.6 Å². The van der Waals surface area contributed by atoms with Gasteiger partial charge in [-0.1, -0.05) is 270 Å². The largest absolute Gasteiger partial charge is 0.462 e. The fraction of sp³-hybridized carbons (Fsp3) is 0.914. The molecule has 0 saturated carbocycles. The maximum atomic E-state index is 12.7. The van der Waals surface area contributed by atoms with Crippen LogP contribution in [-0.2, 0) is 28.6 Å². The number of esters is 3. The van der Waals surface area contributed by atoms with Gasteiger partial charge in [-0.15, -0.1) is 0 Å². The molecule has 378 valence electrons. The third-order valence-electron chi connectivity index (χ3n) is 13.0. The summed E-state index contributed by atoms with van der Waals surface area (Å²) < 4.78 is 16.7. The second kappa shape index (κ2) is 53.8. The molecule has 1 unspecified atom stereocenters. The molecule has 0 heterocycles. The lowest BCUT2D eigenvalue weighted by atomic mass is 10.0. The highest BCUT2D eigenvalue weighted by molar-refractivity contribution is 5.71. The number of allylic oxidation sites excluding steroid dienone is 2. The molecule has 0 bridgehead atoms. The van der Waals surface area contributed by atoms with Crippen molar-refractivity contribution in [2.75, 3.05) is 13.2 Å². The van der Waals surface area contributed by atoms with Gasteiger partial charge in [-0.25, -0.2) is 0 Å². The average Bonchev–Trinajstić information content (AvgIpc) is 3.29. The van der Waals surface area contributed by atoms with E-state index in [0.717, 1.165) is 70.6 Å². The van der Waals surface area contributed by atoms with Crippen molar-refractivity contribution in [2.24, 2.45) is 0 Å². The lowest BCUT2D eigenvalue weighted by molar-refractivity contribution is -0.167. The monoisotopic (exact) mass is 903 g/mol. The zero-order valence-corrected chi connectivity index (χ0v) is 43.3. The molecular formula is C58H110O6. The fourth-order valence-corrected chi connectivity index (χ4v) is 8.68. The fourth-order valence-electron chi connectivity index (χ4n) is 8.68. The minimum Gasteiger partial charge on any atom is -0.462 e. The Morgan fingerprint density at radius 2 is 0.516 bits per heavy atom. The van der Waals surface area contributed by atoms with Gasteiger partial charge in [0.25, 0.3) is 0 Å². The number of ether oxygens (including phenoxy) is 3. The van der Waals surface area contributed by atoms with Crippen LogP contribution in [0.15, 0.2) is 12.2 Å². The topological polar surface area (TPSA) is 78.9 Å². The van der Waals surface area contributed by atoms with E-state index in [-0.39, 0.29) is 31.1 Å². The quantitative estimate of drug-likeness (QED) is 0.0262. The Labute approximate surface area is 399 Å². The van der Waals surface area contributed by atoms with Gasteiger partial charge in [-0.3, -0.25) is 14.4 Å². The second-order valence-corrected chi connectivity index (χ2v) is 19.6. The minimum absolute atomic E-state index is 0.0693. The normalized spacial score (nSPS) is 12.0. The highest BCUT2D eigenvalue weighted by atomic mass is 16.6. The van der Waals surface area contributed by atoms with Crippen LogP contribution >= 0.6 is 0 Å². The summed E-state index contributed by atoms with van der Waals surface area (Å²) in [4.78, 5) is 37.7. The molecule has 0 fully saturated rings. The van der Waals surface area contributed by atoms with Crippen LogP contribution in [0.5, 0.6) is 0 Å². The molecule has 0 aliphatic heterocycles. The molecule has 1 atom stereocenters. The Bertz CT molecular complexity index is 993. The van der Waals surface area contributed by atoms with E-state index in [1.807, 2.05) is 0 Å². The van der Waals surface area contributed by atoms with Crippen molar-refractivity contribution in [3.63, 3.8) is 0 Å². The van der Waals surface area contributed by atoms with Gasteiger partial charge in [-0.2, -0.15) is 0 Å². The van der Waals surface area contributed by atoms with Crippen molar-refractivity contribution in [2.45, 2.75) is 329 Å². The first-order valence-electron chi connectivity index (χ1n) is 28.7. The molecule has 64 heavy (non-hydrogen) atoms. The molecule has 6 heteroatoms. The Balaban J connectivity index is 3.95. The summed E-state index contributed by atoms with van der Waals surface area (Å²) >= 11 is 0. The van der Waals surface area contributed by atoms with Crippen LogP contribution in [0.3, 0.4) is 0 Å². The van der Waals surface area contributed by atoms with Gasteiger partial charge in [0.1, 0.15) is 13.2 Å². The Hall–Kier alpha value is -1.85. The molecule has 0 rings (SSSR count). The molecule has 0 aromatic carbocycles. The lowest BCUT2D eigenvalue weighted by Crippen LogP contribution is -2.30. The van der Waals surface area contributed by atoms with Gasteiger partial charge < -0.3 is 14.2 Å². The molecular weight excluding hydrogens is 793 g/mol. The molecule has 0 amide bonds. The Morgan fingerprint density at radius 1 is 0.297 bits per heavy atom. The molecule has 0 aromatic rings. The standard InChI is InChI=1S/C58H110O6/c1-4-7-10-13-15-17-19-21-23-24-25-26-27-28-29-30-31-32-33-34-35-37-38-40-42-45-48-51-57(60)63-54-55(53-62-56(59)50-47-44-12-9-6-3)64-58(61)52-49-46-43-41-39-36-22-20-18-16-14-11-8-5-2/h20,22,55H,4-19,21,23-54H2,1-3H3/b22-20-. The van der Waals surface area contributed by atoms with Gasteiger partial charge in [0.15, 0.2) is 6.10 Å². The van der Waals surface area contributed by atoms with Crippen LogP contribution < -0.4 is 0 Å². The predicted octanol–water partition coefficient (Wildman–Crippen LogP) is 18.9. The van der Waals surface area contributed by atoms with Crippen molar-refractivity contribution in [3.8, 4) is 0 Å². The van der Waals surface area contributed by atoms with Crippen molar-refractivity contribution in [1.82, 2.24) is 0 Å². The average molecular weight is 904 g/mol. The Kier molecular flexibility index (Phi) is 52.2. The van der Waals surface area contributed by atoms with E-state index in [4.69, 9.17) is 14.2 Å². The van der Waals surface area contributed by atoms with E-state index in [1.165, 1.54) is 212 Å². The second-order valence-electron chi connectivity index (χ2n) is 19.6. The summed E-state index contributed by atoms with van der Waals surface area (Å²) in [7, 11) is 0. The smallest absolute Gasteiger partial charge is 0.306 e. The number of carbonyl (C=O) groups excluding carboxylic acids is 3. The van der Waals surface area contributed by atoms with Gasteiger partial charge in [0.2, 0.25) is 0 Å². The molecule has 0 aliphatic rings. The number of carbonyl (C=O) groups is 3. The summed E-state index contributed by atoms with van der Waals surface area (Å²) in [5.41, 5.74) is 0. The van der Waals surface area contributed by atoms with Crippen LogP contribution in [0, 0.1) is 0 Å². The van der Waals surface area contributed by atoms with Gasteiger partial charge in [0, 0.05) is 19.3 Å². The molecule has 0 aliphatic carbocycles. The van der Waals surface area contributed by atoms with Crippen molar-refractivity contribution in [3.05, 3.63) is 12.2 Å². The Morgan fingerprint density at radius 3 is 0.781 bits per heavy atom. The first-order valence-corrected chi connectivity index (χ1v) is 28.7. The molecule has 0 radical (unpaired) electrons. The first-order chi connectivity index (χ1) is 31.5. The van der Waals surface area contributed by atoms with Gasteiger partial charge >= 0.3 is 17.9 Å². The summed E-state index contributed by atoms with van der Waals surface area (Å²) in [6.45, 7) is 6.58. The number of rotatable bonds is 53. The lowest BCUT2D eigenvalue weighted by Gasteiger charge is -2.18. The number of unbranched alkanes of at least 4 members (excludes halogenated alkanes) is 40. The van der Waals surface area contributed by atoms with Crippen molar-refractivity contribution in [1.29, 1.82) is 0 Å². The molecule has 0 aromatic heterocycles. The van der Waals surface area contributed by atoms with Crippen LogP contribution in [0.2, 0.25) is 0 Å². The van der Waals surface area contributed by atoms with E-state index >= 15 is 0 Å². The van der Waals surface area contributed by atoms with E-state index in [0.29, 0.717) is 19.3 Å². The highest BCUT2D eigenvalue weighted by Gasteiger charge is 2.19. The summed E-state index contributed by atoms with van der Waals surface area (Å²) in [6.07, 6.45) is 61.2. The number of hydrogen-bond donors (Lipinski definition) is 0. The zero-order chi connectivity index (χ0) is 46.5.